The molecular formula is C14H21N3. The quantitative estimate of drug-likeness (QED) is 0.862. The second-order valence-electron chi connectivity index (χ2n) is 5.00. The summed E-state index contributed by atoms with van der Waals surface area (Å²) in [4.78, 5) is 6.84. The second kappa shape index (κ2) is 5.21. The molecule has 1 fully saturated rings. The van der Waals surface area contributed by atoms with E-state index in [1.54, 1.807) is 0 Å². The zero-order valence-electron chi connectivity index (χ0n) is 10.9. The highest BCUT2D eigenvalue weighted by molar-refractivity contribution is 5.82. The minimum absolute atomic E-state index is 0.523. The molecule has 0 spiro atoms. The zero-order chi connectivity index (χ0) is 12.3. The van der Waals surface area contributed by atoms with Gasteiger partial charge < -0.3 is 10.2 Å². The van der Waals surface area contributed by atoms with Crippen LogP contribution in [0.1, 0.15) is 19.4 Å². The van der Waals surface area contributed by atoms with Crippen LogP contribution >= 0.6 is 0 Å². The molecule has 3 nitrogen and oxygen atoms in total. The summed E-state index contributed by atoms with van der Waals surface area (Å²) in [6, 6.07) is 10.9. The first-order valence-corrected chi connectivity index (χ1v) is 6.23. The summed E-state index contributed by atoms with van der Waals surface area (Å²) in [7, 11) is 2.10. The molecule has 1 N–H and O–H groups in total. The first kappa shape index (κ1) is 12.0. The highest BCUT2D eigenvalue weighted by atomic mass is 15.4. The molecule has 1 atom stereocenters. The number of benzene rings is 1. The van der Waals surface area contributed by atoms with Crippen LogP contribution in [0.15, 0.2) is 35.3 Å². The molecule has 0 aliphatic carbocycles. The highest BCUT2D eigenvalue weighted by Gasteiger charge is 2.25. The summed E-state index contributed by atoms with van der Waals surface area (Å²) in [6.07, 6.45) is 0. The van der Waals surface area contributed by atoms with Crippen molar-refractivity contribution in [2.75, 3.05) is 13.6 Å². The van der Waals surface area contributed by atoms with Crippen LogP contribution in [-0.4, -0.2) is 30.5 Å². The molecule has 1 heterocycles. The number of hydrogen-bond donors (Lipinski definition) is 1. The topological polar surface area (TPSA) is 27.6 Å². The minimum atomic E-state index is 0.523. The fourth-order valence-electron chi connectivity index (χ4n) is 2.00. The van der Waals surface area contributed by atoms with Gasteiger partial charge in [-0.15, -0.1) is 0 Å². The van der Waals surface area contributed by atoms with Crippen molar-refractivity contribution in [3.05, 3.63) is 35.9 Å². The molecule has 1 aromatic rings. The lowest BCUT2D eigenvalue weighted by atomic mass is 10.1. The number of rotatable bonds is 3. The molecule has 0 saturated carbocycles. The fraction of sp³-hybridized carbons (Fsp3) is 0.500. The van der Waals surface area contributed by atoms with E-state index in [4.69, 9.17) is 0 Å². The van der Waals surface area contributed by atoms with E-state index in [0.29, 0.717) is 12.0 Å². The molecular weight excluding hydrogens is 210 g/mol. The molecule has 3 heteroatoms. The maximum absolute atomic E-state index is 4.64. The van der Waals surface area contributed by atoms with Gasteiger partial charge in [0.1, 0.15) is 0 Å². The first-order chi connectivity index (χ1) is 8.16. The smallest absolute Gasteiger partial charge is 0.194 e. The molecule has 0 bridgehead atoms. The van der Waals surface area contributed by atoms with Crippen LogP contribution in [-0.2, 0) is 6.54 Å². The van der Waals surface area contributed by atoms with Gasteiger partial charge in [-0.3, -0.25) is 0 Å². The predicted octanol–water partition coefficient (Wildman–Crippen LogP) is 2.10. The molecule has 0 radical (unpaired) electrons. The average Bonchev–Trinajstić information content (AvgIpc) is 2.70. The first-order valence-electron chi connectivity index (χ1n) is 6.23. The van der Waals surface area contributed by atoms with Gasteiger partial charge in [-0.2, -0.15) is 0 Å². The van der Waals surface area contributed by atoms with Crippen LogP contribution in [0, 0.1) is 5.92 Å². The summed E-state index contributed by atoms with van der Waals surface area (Å²) in [5, 5.41) is 3.49. The Balaban J connectivity index is 1.99. The van der Waals surface area contributed by atoms with Gasteiger partial charge in [0.25, 0.3) is 0 Å². The molecule has 1 saturated heterocycles. The van der Waals surface area contributed by atoms with Crippen LogP contribution in [0.5, 0.6) is 0 Å². The summed E-state index contributed by atoms with van der Waals surface area (Å²) >= 11 is 0. The minimum Gasteiger partial charge on any atom is -0.351 e. The third-order valence-corrected chi connectivity index (χ3v) is 3.21. The predicted molar refractivity (Wildman–Crippen MR) is 72.0 cm³/mol. The largest absolute Gasteiger partial charge is 0.351 e. The Kier molecular flexibility index (Phi) is 3.67. The van der Waals surface area contributed by atoms with E-state index < -0.39 is 0 Å². The Bertz CT molecular complexity index is 384. The maximum atomic E-state index is 4.64. The van der Waals surface area contributed by atoms with Crippen molar-refractivity contribution in [3.8, 4) is 0 Å². The monoisotopic (exact) mass is 231 g/mol. The number of aliphatic imine (C=N–C) groups is 1. The Morgan fingerprint density at radius 1 is 1.35 bits per heavy atom. The highest BCUT2D eigenvalue weighted by Crippen LogP contribution is 2.11. The lowest BCUT2D eigenvalue weighted by Crippen LogP contribution is -2.32. The van der Waals surface area contributed by atoms with Crippen molar-refractivity contribution < 1.29 is 0 Å². The lowest BCUT2D eigenvalue weighted by Gasteiger charge is -2.12. The van der Waals surface area contributed by atoms with Gasteiger partial charge >= 0.3 is 0 Å². The van der Waals surface area contributed by atoms with Gasteiger partial charge in [0.15, 0.2) is 5.96 Å². The Morgan fingerprint density at radius 3 is 2.65 bits per heavy atom. The summed E-state index contributed by atoms with van der Waals surface area (Å²) in [5.41, 5.74) is 1.25. The molecule has 1 unspecified atom stereocenters. The summed E-state index contributed by atoms with van der Waals surface area (Å²) in [6.45, 7) is 6.28. The van der Waals surface area contributed by atoms with Crippen LogP contribution in [0.25, 0.3) is 0 Å². The maximum Gasteiger partial charge on any atom is 0.194 e. The zero-order valence-corrected chi connectivity index (χ0v) is 10.9. The second-order valence-corrected chi connectivity index (χ2v) is 5.00. The Hall–Kier alpha value is -1.51. The SMILES string of the molecule is CC(C)C1CN(C)C(=NCc2ccccc2)N1. The van der Waals surface area contributed by atoms with Crippen molar-refractivity contribution in [1.29, 1.82) is 0 Å². The van der Waals surface area contributed by atoms with Gasteiger partial charge in [-0.05, 0) is 11.5 Å². The van der Waals surface area contributed by atoms with Crippen molar-refractivity contribution in [2.45, 2.75) is 26.4 Å². The van der Waals surface area contributed by atoms with Crippen LogP contribution in [0.4, 0.5) is 0 Å². The van der Waals surface area contributed by atoms with E-state index in [2.05, 4.69) is 60.4 Å². The van der Waals surface area contributed by atoms with Crippen LogP contribution in [0.2, 0.25) is 0 Å². The van der Waals surface area contributed by atoms with Gasteiger partial charge in [0.2, 0.25) is 0 Å². The average molecular weight is 231 g/mol. The van der Waals surface area contributed by atoms with Gasteiger partial charge in [-0.1, -0.05) is 44.2 Å². The number of hydrogen-bond acceptors (Lipinski definition) is 1. The van der Waals surface area contributed by atoms with Crippen molar-refractivity contribution in [2.24, 2.45) is 10.9 Å². The van der Waals surface area contributed by atoms with Crippen molar-refractivity contribution in [3.63, 3.8) is 0 Å². The number of nitrogens with one attached hydrogen (secondary N) is 1. The molecule has 92 valence electrons. The van der Waals surface area contributed by atoms with Crippen molar-refractivity contribution >= 4 is 5.96 Å². The summed E-state index contributed by atoms with van der Waals surface area (Å²) < 4.78 is 0. The third-order valence-electron chi connectivity index (χ3n) is 3.21. The lowest BCUT2D eigenvalue weighted by molar-refractivity contribution is 0.425. The summed E-state index contributed by atoms with van der Waals surface area (Å²) in [5.74, 6) is 1.66. The van der Waals surface area contributed by atoms with Gasteiger partial charge in [0.05, 0.1) is 6.54 Å². The Labute approximate surface area is 104 Å². The van der Waals surface area contributed by atoms with E-state index in [1.807, 2.05) is 6.07 Å². The molecule has 1 aliphatic heterocycles. The molecule has 1 aromatic carbocycles. The number of likely N-dealkylation sites (N-methyl/N-ethyl adjacent to an activating group) is 1. The molecule has 1 aliphatic rings. The molecule has 0 aromatic heterocycles. The molecule has 2 rings (SSSR count). The number of nitrogens with zero attached hydrogens (tertiary/aromatic N) is 2. The van der Waals surface area contributed by atoms with Gasteiger partial charge in [-0.25, -0.2) is 4.99 Å². The fourth-order valence-corrected chi connectivity index (χ4v) is 2.00. The van der Waals surface area contributed by atoms with E-state index in [9.17, 15) is 0 Å². The van der Waals surface area contributed by atoms with Gasteiger partial charge in [0, 0.05) is 19.6 Å². The normalized spacial score (nSPS) is 22.2. The Morgan fingerprint density at radius 2 is 2.06 bits per heavy atom. The standard InChI is InChI=1S/C14H21N3/c1-11(2)13-10-17(3)14(16-13)15-9-12-7-5-4-6-8-12/h4-8,11,13H,9-10H2,1-3H3,(H,15,16). The van der Waals surface area contributed by atoms with E-state index in [1.165, 1.54) is 5.56 Å². The molecule has 17 heavy (non-hydrogen) atoms. The third kappa shape index (κ3) is 2.99. The van der Waals surface area contributed by atoms with Crippen LogP contribution < -0.4 is 5.32 Å². The van der Waals surface area contributed by atoms with E-state index >= 15 is 0 Å². The number of guanidine groups is 1. The van der Waals surface area contributed by atoms with E-state index in [-0.39, 0.29) is 0 Å². The van der Waals surface area contributed by atoms with Crippen LogP contribution in [0.3, 0.4) is 0 Å². The van der Waals surface area contributed by atoms with Crippen molar-refractivity contribution in [1.82, 2.24) is 10.2 Å². The van der Waals surface area contributed by atoms with E-state index in [0.717, 1.165) is 19.0 Å². The molecule has 0 amide bonds.